The van der Waals surface area contributed by atoms with Gasteiger partial charge in [0.1, 0.15) is 0 Å². The molecule has 0 aliphatic carbocycles. The van der Waals surface area contributed by atoms with E-state index in [9.17, 15) is 17.6 Å². The number of alkyl halides is 5. The maximum atomic E-state index is 14.2. The monoisotopic (exact) mass is 403 g/mol. The molecule has 2 rings (SSSR count). The predicted octanol–water partition coefficient (Wildman–Crippen LogP) is 4.12. The summed E-state index contributed by atoms with van der Waals surface area (Å²) < 4.78 is 57.1. The van der Waals surface area contributed by atoms with Gasteiger partial charge in [-0.05, 0) is 0 Å². The number of hydrogen-bond donors (Lipinski definition) is 1. The van der Waals surface area contributed by atoms with E-state index in [1.54, 1.807) is 18.2 Å². The predicted molar refractivity (Wildman–Crippen MR) is 77.7 cm³/mol. The Balaban J connectivity index is 2.34. The van der Waals surface area contributed by atoms with E-state index in [2.05, 4.69) is 11.9 Å². The molecule has 0 radical (unpaired) electrons. The molecule has 0 bridgehead atoms. The fourth-order valence-corrected chi connectivity index (χ4v) is 6.28. The minimum absolute atomic E-state index is 0.0647. The molecule has 0 saturated carbocycles. The Hall–Kier alpha value is -0.830. The topological polar surface area (TPSA) is 21.3 Å². The number of benzene rings is 1. The Kier molecular flexibility index (Phi) is 4.29. The van der Waals surface area contributed by atoms with Gasteiger partial charge in [-0.2, -0.15) is 0 Å². The average molecular weight is 403 g/mol. The summed E-state index contributed by atoms with van der Waals surface area (Å²) in [6.45, 7) is 3.34. The van der Waals surface area contributed by atoms with Crippen molar-refractivity contribution < 1.29 is 20.6 Å². The third kappa shape index (κ3) is 2.52. The minimum atomic E-state index is -4.15. The zero-order valence-corrected chi connectivity index (χ0v) is 12.9. The zero-order chi connectivity index (χ0) is 15.0. The van der Waals surface area contributed by atoms with Gasteiger partial charge in [0.25, 0.3) is 0 Å². The van der Waals surface area contributed by atoms with Crippen LogP contribution in [0.2, 0.25) is 0 Å². The van der Waals surface area contributed by atoms with Crippen LogP contribution in [0.3, 0.4) is 0 Å². The maximum absolute atomic E-state index is 14.2. The molecule has 1 aliphatic rings. The van der Waals surface area contributed by atoms with Gasteiger partial charge in [0.05, 0.1) is 0 Å². The van der Waals surface area contributed by atoms with Gasteiger partial charge in [-0.25, -0.2) is 0 Å². The molecule has 1 N–H and O–H groups in total. The average Bonchev–Trinajstić information content (AvgIpc) is 2.75. The van der Waals surface area contributed by atoms with Crippen molar-refractivity contribution in [2.75, 3.05) is 13.6 Å². The first-order chi connectivity index (χ1) is 9.31. The third-order valence-electron chi connectivity index (χ3n) is 2.85. The Morgan fingerprint density at radius 2 is 1.90 bits per heavy atom. The van der Waals surface area contributed by atoms with Gasteiger partial charge in [-0.15, -0.1) is 0 Å². The summed E-state index contributed by atoms with van der Waals surface area (Å²) in [6, 6.07) is 6.19. The number of nitrogens with one attached hydrogen (secondary N) is 1. The Morgan fingerprint density at radius 3 is 2.55 bits per heavy atom. The molecule has 0 fully saturated rings. The molecule has 112 valence electrons. The van der Waals surface area contributed by atoms with Crippen LogP contribution in [0.25, 0.3) is 5.76 Å². The van der Waals surface area contributed by atoms with Gasteiger partial charge in [0.15, 0.2) is 0 Å². The second kappa shape index (κ2) is 5.51. The summed E-state index contributed by atoms with van der Waals surface area (Å²) >= 11 is -3.83. The van der Waals surface area contributed by atoms with Gasteiger partial charge in [0.2, 0.25) is 0 Å². The van der Waals surface area contributed by atoms with Crippen LogP contribution in [0.15, 0.2) is 30.8 Å². The second-order valence-electron chi connectivity index (χ2n) is 4.28. The number of hydrogen-bond acceptors (Lipinski definition) is 2. The van der Waals surface area contributed by atoms with Crippen molar-refractivity contribution in [3.63, 3.8) is 0 Å². The van der Waals surface area contributed by atoms with Crippen LogP contribution in [-0.2, 0) is 3.07 Å². The molecule has 0 spiro atoms. The second-order valence-corrected chi connectivity index (χ2v) is 8.66. The molecular weight excluding hydrogens is 389 g/mol. The summed E-state index contributed by atoms with van der Waals surface area (Å²) in [5, 5.41) is 2.46. The molecule has 1 heterocycles. The Morgan fingerprint density at radius 1 is 1.25 bits per heavy atom. The van der Waals surface area contributed by atoms with Crippen molar-refractivity contribution in [3.05, 3.63) is 40.0 Å². The van der Waals surface area contributed by atoms with Crippen LogP contribution in [0.1, 0.15) is 12.0 Å². The fourth-order valence-electron chi connectivity index (χ4n) is 1.74. The van der Waals surface area contributed by atoms with Crippen LogP contribution >= 0.6 is 20.2 Å². The van der Waals surface area contributed by atoms with E-state index in [0.29, 0.717) is 5.56 Å². The van der Waals surface area contributed by atoms with Crippen molar-refractivity contribution in [2.45, 2.75) is 16.3 Å². The molecule has 2 nitrogen and oxygen atoms in total. The van der Waals surface area contributed by atoms with Crippen molar-refractivity contribution in [2.24, 2.45) is 0 Å². The van der Waals surface area contributed by atoms with Gasteiger partial charge >= 0.3 is 122 Å². The van der Waals surface area contributed by atoms with E-state index in [1.807, 2.05) is 0 Å². The third-order valence-corrected chi connectivity index (χ3v) is 7.84. The first kappa shape index (κ1) is 15.6. The van der Waals surface area contributed by atoms with E-state index < -0.39 is 36.5 Å². The molecule has 0 amide bonds. The van der Waals surface area contributed by atoms with Gasteiger partial charge in [0, 0.05) is 0 Å². The molecule has 1 aliphatic heterocycles. The fraction of sp³-hybridized carbons (Fsp3) is 0.385. The molecule has 7 heteroatoms. The molecule has 0 saturated heterocycles. The summed E-state index contributed by atoms with van der Waals surface area (Å²) in [5.74, 6) is -4.03. The van der Waals surface area contributed by atoms with E-state index in [1.165, 1.54) is 13.1 Å². The van der Waals surface area contributed by atoms with Crippen LogP contribution in [0.5, 0.6) is 0 Å². The molecule has 1 aromatic rings. The summed E-state index contributed by atoms with van der Waals surface area (Å²) in [5.41, 5.74) is 0.418. The molecule has 1 aromatic carbocycles. The first-order valence-corrected chi connectivity index (χ1v) is 8.92. The first-order valence-electron chi connectivity index (χ1n) is 5.88. The van der Waals surface area contributed by atoms with Crippen molar-refractivity contribution in [1.82, 2.24) is 5.32 Å². The van der Waals surface area contributed by atoms with Gasteiger partial charge in [-0.3, -0.25) is 0 Å². The van der Waals surface area contributed by atoms with Crippen molar-refractivity contribution >= 4 is 26.0 Å². The molecule has 20 heavy (non-hydrogen) atoms. The number of rotatable bonds is 5. The van der Waals surface area contributed by atoms with Crippen LogP contribution in [-0.4, -0.2) is 23.4 Å². The number of fused-ring (bicyclic) bond motifs is 1. The van der Waals surface area contributed by atoms with E-state index in [-0.39, 0.29) is 15.9 Å². The van der Waals surface area contributed by atoms with Crippen LogP contribution < -0.4 is 5.32 Å². The molecule has 0 unspecified atom stereocenters. The quantitative estimate of drug-likeness (QED) is 0.454. The number of halogens is 5. The normalized spacial score (nSPS) is 17.1. The summed E-state index contributed by atoms with van der Waals surface area (Å²) in [6.07, 6.45) is -0.928. The van der Waals surface area contributed by atoms with Crippen molar-refractivity contribution in [3.8, 4) is 0 Å². The Labute approximate surface area is 122 Å². The zero-order valence-electron chi connectivity index (χ0n) is 10.7. The SMILES string of the molecule is C=C1OI(C(F)(F)C(F)(F)CCNC)c2ccccc21. The van der Waals surface area contributed by atoms with Crippen molar-refractivity contribution in [1.29, 1.82) is 0 Å². The van der Waals surface area contributed by atoms with E-state index in [0.717, 1.165) is 0 Å². The standard InChI is InChI=1S/C13H14F4INO/c1-9-10-5-3-4-6-11(10)18(20-9)13(16,17)12(14,15)7-8-19-2/h3-6,19H,1,7-8H2,2H3. The summed E-state index contributed by atoms with van der Waals surface area (Å²) in [4.78, 5) is 0. The van der Waals surface area contributed by atoms with Gasteiger partial charge in [-0.1, -0.05) is 0 Å². The van der Waals surface area contributed by atoms with Crippen LogP contribution in [0.4, 0.5) is 17.6 Å². The van der Waals surface area contributed by atoms with Crippen LogP contribution in [0, 0.1) is 3.57 Å². The van der Waals surface area contributed by atoms with E-state index in [4.69, 9.17) is 3.07 Å². The molecule has 0 aromatic heterocycles. The molecular formula is C13H14F4INO. The van der Waals surface area contributed by atoms with E-state index >= 15 is 0 Å². The van der Waals surface area contributed by atoms with Gasteiger partial charge < -0.3 is 0 Å². The molecule has 0 atom stereocenters. The Bertz CT molecular complexity index is 521. The summed E-state index contributed by atoms with van der Waals surface area (Å²) in [7, 11) is 1.44.